The highest BCUT2D eigenvalue weighted by molar-refractivity contribution is 7.12. The van der Waals surface area contributed by atoms with Crippen LogP contribution in [-0.2, 0) is 25.9 Å². The Hall–Kier alpha value is -0.640. The third kappa shape index (κ3) is 3.41. The van der Waals surface area contributed by atoms with Crippen LogP contribution in [0.25, 0.3) is 0 Å². The molecule has 1 N–H and O–H groups in total. The van der Waals surface area contributed by atoms with Crippen molar-refractivity contribution in [3.05, 3.63) is 43.8 Å². The Labute approximate surface area is 112 Å². The fourth-order valence-electron chi connectivity index (χ4n) is 1.84. The highest BCUT2D eigenvalue weighted by Crippen LogP contribution is 2.19. The maximum Gasteiger partial charge on any atom is 0.0305 e. The van der Waals surface area contributed by atoms with E-state index in [0.717, 1.165) is 25.9 Å². The molecule has 0 aliphatic rings. The Balaban J connectivity index is 1.83. The van der Waals surface area contributed by atoms with E-state index in [2.05, 4.69) is 42.7 Å². The van der Waals surface area contributed by atoms with Gasteiger partial charge in [0, 0.05) is 27.7 Å². The van der Waals surface area contributed by atoms with Crippen molar-refractivity contribution in [3.8, 4) is 0 Å². The predicted molar refractivity (Wildman–Crippen MR) is 77.9 cm³/mol. The summed E-state index contributed by atoms with van der Waals surface area (Å²) in [5.74, 6) is 0. The number of hydrogen-bond donors (Lipinski definition) is 1. The van der Waals surface area contributed by atoms with E-state index in [-0.39, 0.29) is 0 Å². The van der Waals surface area contributed by atoms with Gasteiger partial charge in [-0.25, -0.2) is 0 Å². The van der Waals surface area contributed by atoms with E-state index in [9.17, 15) is 0 Å². The van der Waals surface area contributed by atoms with Crippen molar-refractivity contribution in [2.24, 2.45) is 0 Å². The molecule has 2 rings (SSSR count). The second-order valence-electron chi connectivity index (χ2n) is 4.05. The third-order valence-corrected chi connectivity index (χ3v) is 5.06. The summed E-state index contributed by atoms with van der Waals surface area (Å²) in [5.41, 5.74) is 1.49. The minimum Gasteiger partial charge on any atom is -0.307 e. The zero-order valence-corrected chi connectivity index (χ0v) is 12.1. The van der Waals surface area contributed by atoms with Gasteiger partial charge < -0.3 is 5.32 Å². The summed E-state index contributed by atoms with van der Waals surface area (Å²) in [6.07, 6.45) is 2.29. The van der Waals surface area contributed by atoms with Crippen molar-refractivity contribution in [1.82, 2.24) is 5.32 Å². The number of aryl methyl sites for hydroxylation is 2. The number of thiophene rings is 2. The summed E-state index contributed by atoms with van der Waals surface area (Å²) in [6.45, 7) is 6.42. The topological polar surface area (TPSA) is 12.0 Å². The molecule has 0 aromatic carbocycles. The number of hydrogen-bond acceptors (Lipinski definition) is 3. The lowest BCUT2D eigenvalue weighted by Gasteiger charge is -2.03. The van der Waals surface area contributed by atoms with E-state index in [0.29, 0.717) is 0 Å². The summed E-state index contributed by atoms with van der Waals surface area (Å²) in [4.78, 5) is 4.41. The van der Waals surface area contributed by atoms with Crippen molar-refractivity contribution >= 4 is 22.7 Å². The molecule has 0 spiro atoms. The molecule has 92 valence electrons. The van der Waals surface area contributed by atoms with Gasteiger partial charge in [-0.3, -0.25) is 0 Å². The molecule has 0 aliphatic carbocycles. The Bertz CT molecular complexity index is 456. The highest BCUT2D eigenvalue weighted by atomic mass is 32.1. The molecule has 0 radical (unpaired) electrons. The van der Waals surface area contributed by atoms with Gasteiger partial charge in [0.15, 0.2) is 0 Å². The molecular formula is C14H19NS2. The molecule has 2 aromatic heterocycles. The van der Waals surface area contributed by atoms with Crippen molar-refractivity contribution in [2.75, 3.05) is 0 Å². The van der Waals surface area contributed by atoms with Crippen molar-refractivity contribution in [2.45, 2.75) is 39.8 Å². The molecule has 0 atom stereocenters. The van der Waals surface area contributed by atoms with Crippen LogP contribution in [-0.4, -0.2) is 0 Å². The van der Waals surface area contributed by atoms with Crippen LogP contribution < -0.4 is 5.32 Å². The van der Waals surface area contributed by atoms with E-state index in [1.165, 1.54) is 20.2 Å². The van der Waals surface area contributed by atoms with Crippen LogP contribution in [0.4, 0.5) is 0 Å². The zero-order chi connectivity index (χ0) is 12.1. The molecule has 0 saturated heterocycles. The fraction of sp³-hybridized carbons (Fsp3) is 0.429. The lowest BCUT2D eigenvalue weighted by atomic mass is 10.2. The van der Waals surface area contributed by atoms with Crippen LogP contribution in [0.15, 0.2) is 23.6 Å². The van der Waals surface area contributed by atoms with Gasteiger partial charge in [-0.1, -0.05) is 13.8 Å². The molecule has 1 nitrogen and oxygen atoms in total. The van der Waals surface area contributed by atoms with E-state index in [1.54, 1.807) is 0 Å². The molecule has 0 fully saturated rings. The van der Waals surface area contributed by atoms with Crippen LogP contribution >= 0.6 is 22.7 Å². The second-order valence-corrected chi connectivity index (χ2v) is 6.30. The predicted octanol–water partition coefficient (Wildman–Crippen LogP) is 4.22. The summed E-state index contributed by atoms with van der Waals surface area (Å²) in [7, 11) is 0. The van der Waals surface area contributed by atoms with Crippen molar-refractivity contribution in [3.63, 3.8) is 0 Å². The normalized spacial score (nSPS) is 10.9. The molecule has 0 bridgehead atoms. The van der Waals surface area contributed by atoms with E-state index >= 15 is 0 Å². The first-order chi connectivity index (χ1) is 8.33. The molecular weight excluding hydrogens is 246 g/mol. The minimum absolute atomic E-state index is 0.992. The number of nitrogens with one attached hydrogen (secondary N) is 1. The maximum absolute atomic E-state index is 3.54. The highest BCUT2D eigenvalue weighted by Gasteiger charge is 2.02. The van der Waals surface area contributed by atoms with Crippen LogP contribution in [0.1, 0.15) is 34.0 Å². The monoisotopic (exact) mass is 265 g/mol. The molecule has 0 unspecified atom stereocenters. The molecule has 0 saturated carbocycles. The summed E-state index contributed by atoms with van der Waals surface area (Å²) >= 11 is 3.78. The summed E-state index contributed by atoms with van der Waals surface area (Å²) < 4.78 is 0. The quantitative estimate of drug-likeness (QED) is 0.824. The Kier molecular flexibility index (Phi) is 4.77. The SMILES string of the molecule is CCc1ccc(CNCc2sccc2CC)s1. The van der Waals surface area contributed by atoms with Gasteiger partial charge in [0.1, 0.15) is 0 Å². The first-order valence-corrected chi connectivity index (χ1v) is 7.86. The molecule has 0 amide bonds. The Morgan fingerprint density at radius 2 is 1.82 bits per heavy atom. The van der Waals surface area contributed by atoms with Gasteiger partial charge in [-0.05, 0) is 42.0 Å². The van der Waals surface area contributed by atoms with Crippen LogP contribution in [0.2, 0.25) is 0 Å². The Morgan fingerprint density at radius 3 is 2.53 bits per heavy atom. The lowest BCUT2D eigenvalue weighted by Crippen LogP contribution is -2.11. The van der Waals surface area contributed by atoms with Gasteiger partial charge in [0.2, 0.25) is 0 Å². The lowest BCUT2D eigenvalue weighted by molar-refractivity contribution is 0.704. The van der Waals surface area contributed by atoms with Crippen LogP contribution in [0.5, 0.6) is 0 Å². The van der Waals surface area contributed by atoms with Gasteiger partial charge >= 0.3 is 0 Å². The zero-order valence-electron chi connectivity index (χ0n) is 10.5. The van der Waals surface area contributed by atoms with E-state index in [1.807, 2.05) is 22.7 Å². The summed E-state index contributed by atoms with van der Waals surface area (Å²) in [5, 5.41) is 5.73. The fourth-order valence-corrected chi connectivity index (χ4v) is 3.72. The molecule has 2 aromatic rings. The van der Waals surface area contributed by atoms with E-state index in [4.69, 9.17) is 0 Å². The average molecular weight is 265 g/mol. The van der Waals surface area contributed by atoms with Gasteiger partial charge in [-0.2, -0.15) is 0 Å². The Morgan fingerprint density at radius 1 is 1.00 bits per heavy atom. The summed E-state index contributed by atoms with van der Waals surface area (Å²) in [6, 6.07) is 6.72. The third-order valence-electron chi connectivity index (χ3n) is 2.87. The molecule has 2 heterocycles. The molecule has 3 heteroatoms. The molecule has 0 aliphatic heterocycles. The van der Waals surface area contributed by atoms with Crippen molar-refractivity contribution in [1.29, 1.82) is 0 Å². The van der Waals surface area contributed by atoms with Crippen LogP contribution in [0, 0.1) is 0 Å². The largest absolute Gasteiger partial charge is 0.307 e. The smallest absolute Gasteiger partial charge is 0.0305 e. The maximum atomic E-state index is 3.54. The molecule has 17 heavy (non-hydrogen) atoms. The van der Waals surface area contributed by atoms with Gasteiger partial charge in [0.05, 0.1) is 0 Å². The average Bonchev–Trinajstić information content (AvgIpc) is 2.97. The van der Waals surface area contributed by atoms with E-state index < -0.39 is 0 Å². The standard InChI is InChI=1S/C14H19NS2/c1-3-11-7-8-16-14(11)10-15-9-13-6-5-12(4-2)17-13/h5-8,15H,3-4,9-10H2,1-2H3. The van der Waals surface area contributed by atoms with Crippen molar-refractivity contribution < 1.29 is 0 Å². The van der Waals surface area contributed by atoms with Crippen LogP contribution in [0.3, 0.4) is 0 Å². The first-order valence-electron chi connectivity index (χ1n) is 6.17. The first kappa shape index (κ1) is 12.8. The van der Waals surface area contributed by atoms with Gasteiger partial charge in [0.25, 0.3) is 0 Å². The minimum atomic E-state index is 0.992. The second kappa shape index (κ2) is 6.34. The van der Waals surface area contributed by atoms with Gasteiger partial charge in [-0.15, -0.1) is 22.7 Å². The number of rotatable bonds is 6.